The molecule has 2 heteroatoms. The van der Waals surface area contributed by atoms with Crippen molar-refractivity contribution >= 4 is 0 Å². The lowest BCUT2D eigenvalue weighted by molar-refractivity contribution is 0.481. The summed E-state index contributed by atoms with van der Waals surface area (Å²) in [6.45, 7) is 8.25. The highest BCUT2D eigenvalue weighted by Crippen LogP contribution is 2.27. The van der Waals surface area contributed by atoms with E-state index in [-0.39, 0.29) is 0 Å². The van der Waals surface area contributed by atoms with E-state index in [2.05, 4.69) is 50.0 Å². The molecule has 0 radical (unpaired) electrons. The Balaban J connectivity index is 2.44. The molecule has 2 nitrogen and oxygen atoms in total. The van der Waals surface area contributed by atoms with Crippen LogP contribution in [0.2, 0.25) is 0 Å². The van der Waals surface area contributed by atoms with Gasteiger partial charge in [0.05, 0.1) is 5.69 Å². The van der Waals surface area contributed by atoms with Crippen LogP contribution in [0.1, 0.15) is 36.9 Å². The quantitative estimate of drug-likeness (QED) is 0.754. The summed E-state index contributed by atoms with van der Waals surface area (Å²) in [6.07, 6.45) is 0. The first kappa shape index (κ1) is 10.9. The van der Waals surface area contributed by atoms with Crippen molar-refractivity contribution in [1.82, 2.24) is 4.98 Å². The summed E-state index contributed by atoms with van der Waals surface area (Å²) in [7, 11) is 0. The standard InChI is InChI=1S/C14H17NO/c1-9(2)14-15-11(4)13(16-14)12-7-5-10(3)6-8-12/h5-9H,1-4H3. The van der Waals surface area contributed by atoms with E-state index in [0.29, 0.717) is 5.92 Å². The normalized spacial score (nSPS) is 11.1. The lowest BCUT2D eigenvalue weighted by Gasteiger charge is -1.99. The fourth-order valence-electron chi connectivity index (χ4n) is 1.64. The molecule has 0 saturated heterocycles. The Hall–Kier alpha value is -1.57. The molecule has 2 aromatic rings. The fraction of sp³-hybridized carbons (Fsp3) is 0.357. The Morgan fingerprint density at radius 3 is 2.19 bits per heavy atom. The molecular formula is C14H17NO. The fourth-order valence-corrected chi connectivity index (χ4v) is 1.64. The van der Waals surface area contributed by atoms with E-state index in [1.807, 2.05) is 6.92 Å². The van der Waals surface area contributed by atoms with Crippen LogP contribution in [0, 0.1) is 13.8 Å². The molecule has 0 unspecified atom stereocenters. The Bertz CT molecular complexity index is 480. The molecule has 0 amide bonds. The zero-order valence-corrected chi connectivity index (χ0v) is 10.2. The van der Waals surface area contributed by atoms with Gasteiger partial charge in [0.1, 0.15) is 0 Å². The highest BCUT2D eigenvalue weighted by atomic mass is 16.4. The third-order valence-electron chi connectivity index (χ3n) is 2.62. The summed E-state index contributed by atoms with van der Waals surface area (Å²) < 4.78 is 5.79. The van der Waals surface area contributed by atoms with Gasteiger partial charge in [-0.2, -0.15) is 0 Å². The number of benzene rings is 1. The lowest BCUT2D eigenvalue weighted by Crippen LogP contribution is -1.85. The first-order valence-corrected chi connectivity index (χ1v) is 5.62. The number of hydrogen-bond donors (Lipinski definition) is 0. The van der Waals surface area contributed by atoms with E-state index in [0.717, 1.165) is 22.9 Å². The van der Waals surface area contributed by atoms with Gasteiger partial charge in [-0.05, 0) is 13.8 Å². The molecule has 0 saturated carbocycles. The van der Waals surface area contributed by atoms with Crippen LogP contribution in [0.5, 0.6) is 0 Å². The van der Waals surface area contributed by atoms with Crippen molar-refractivity contribution in [3.63, 3.8) is 0 Å². The molecule has 0 aliphatic carbocycles. The van der Waals surface area contributed by atoms with Crippen molar-refractivity contribution in [3.05, 3.63) is 41.4 Å². The van der Waals surface area contributed by atoms with E-state index in [4.69, 9.17) is 4.42 Å². The van der Waals surface area contributed by atoms with Crippen molar-refractivity contribution in [2.24, 2.45) is 0 Å². The van der Waals surface area contributed by atoms with Crippen LogP contribution in [-0.4, -0.2) is 4.98 Å². The molecule has 1 aromatic heterocycles. The van der Waals surface area contributed by atoms with Gasteiger partial charge < -0.3 is 4.42 Å². The van der Waals surface area contributed by atoms with E-state index in [1.54, 1.807) is 0 Å². The van der Waals surface area contributed by atoms with Gasteiger partial charge in [0.15, 0.2) is 11.7 Å². The molecular weight excluding hydrogens is 198 g/mol. The van der Waals surface area contributed by atoms with Crippen molar-refractivity contribution in [2.45, 2.75) is 33.6 Å². The van der Waals surface area contributed by atoms with Gasteiger partial charge in [-0.1, -0.05) is 43.7 Å². The van der Waals surface area contributed by atoms with Gasteiger partial charge in [0, 0.05) is 11.5 Å². The number of hydrogen-bond acceptors (Lipinski definition) is 2. The summed E-state index contributed by atoms with van der Waals surface area (Å²) in [5.41, 5.74) is 3.32. The van der Waals surface area contributed by atoms with Gasteiger partial charge in [-0.25, -0.2) is 4.98 Å². The largest absolute Gasteiger partial charge is 0.440 e. The van der Waals surface area contributed by atoms with Crippen LogP contribution >= 0.6 is 0 Å². The zero-order valence-electron chi connectivity index (χ0n) is 10.2. The highest BCUT2D eigenvalue weighted by Gasteiger charge is 2.13. The number of oxazole rings is 1. The molecule has 0 spiro atoms. The van der Waals surface area contributed by atoms with Crippen LogP contribution in [-0.2, 0) is 0 Å². The van der Waals surface area contributed by atoms with Crippen LogP contribution in [0.4, 0.5) is 0 Å². The highest BCUT2D eigenvalue weighted by molar-refractivity contribution is 5.60. The third-order valence-corrected chi connectivity index (χ3v) is 2.62. The summed E-state index contributed by atoms with van der Waals surface area (Å²) in [4.78, 5) is 4.44. The number of nitrogens with zero attached hydrogens (tertiary/aromatic N) is 1. The van der Waals surface area contributed by atoms with Crippen molar-refractivity contribution in [1.29, 1.82) is 0 Å². The summed E-state index contributed by atoms with van der Waals surface area (Å²) in [6, 6.07) is 8.33. The lowest BCUT2D eigenvalue weighted by atomic mass is 10.1. The summed E-state index contributed by atoms with van der Waals surface area (Å²) in [5.74, 6) is 2.04. The maximum absolute atomic E-state index is 5.79. The zero-order chi connectivity index (χ0) is 11.7. The molecule has 1 heterocycles. The smallest absolute Gasteiger partial charge is 0.197 e. The number of aryl methyl sites for hydroxylation is 2. The molecule has 84 valence electrons. The second kappa shape index (κ2) is 4.12. The molecule has 0 bridgehead atoms. The van der Waals surface area contributed by atoms with E-state index in [9.17, 15) is 0 Å². The van der Waals surface area contributed by atoms with Crippen LogP contribution in [0.3, 0.4) is 0 Å². The number of aromatic nitrogens is 1. The van der Waals surface area contributed by atoms with Gasteiger partial charge in [0.25, 0.3) is 0 Å². The first-order chi connectivity index (χ1) is 7.58. The van der Waals surface area contributed by atoms with Gasteiger partial charge in [0.2, 0.25) is 0 Å². The second-order valence-electron chi connectivity index (χ2n) is 4.49. The minimum absolute atomic E-state index is 0.331. The second-order valence-corrected chi connectivity index (χ2v) is 4.49. The Kier molecular flexibility index (Phi) is 2.82. The first-order valence-electron chi connectivity index (χ1n) is 5.62. The van der Waals surface area contributed by atoms with E-state index >= 15 is 0 Å². The maximum atomic E-state index is 5.79. The third kappa shape index (κ3) is 2.01. The monoisotopic (exact) mass is 215 g/mol. The average molecular weight is 215 g/mol. The Morgan fingerprint density at radius 1 is 1.06 bits per heavy atom. The predicted molar refractivity (Wildman–Crippen MR) is 65.5 cm³/mol. The van der Waals surface area contributed by atoms with Crippen molar-refractivity contribution < 1.29 is 4.42 Å². The minimum Gasteiger partial charge on any atom is -0.440 e. The summed E-state index contributed by atoms with van der Waals surface area (Å²) >= 11 is 0. The molecule has 16 heavy (non-hydrogen) atoms. The van der Waals surface area contributed by atoms with Crippen LogP contribution in [0.15, 0.2) is 28.7 Å². The van der Waals surface area contributed by atoms with E-state index in [1.165, 1.54) is 5.56 Å². The average Bonchev–Trinajstić information content (AvgIpc) is 2.62. The topological polar surface area (TPSA) is 26.0 Å². The van der Waals surface area contributed by atoms with Crippen molar-refractivity contribution in [2.75, 3.05) is 0 Å². The molecule has 0 N–H and O–H groups in total. The van der Waals surface area contributed by atoms with Crippen LogP contribution in [0.25, 0.3) is 11.3 Å². The SMILES string of the molecule is Cc1ccc(-c2oc(C(C)C)nc2C)cc1. The Labute approximate surface area is 96.3 Å². The molecule has 2 rings (SSSR count). The molecule has 1 aromatic carbocycles. The molecule has 0 atom stereocenters. The van der Waals surface area contributed by atoms with Crippen molar-refractivity contribution in [3.8, 4) is 11.3 Å². The van der Waals surface area contributed by atoms with Gasteiger partial charge >= 0.3 is 0 Å². The van der Waals surface area contributed by atoms with E-state index < -0.39 is 0 Å². The molecule has 0 aliphatic rings. The van der Waals surface area contributed by atoms with Gasteiger partial charge in [-0.3, -0.25) is 0 Å². The predicted octanol–water partition coefficient (Wildman–Crippen LogP) is 4.08. The Morgan fingerprint density at radius 2 is 1.69 bits per heavy atom. The number of rotatable bonds is 2. The summed E-state index contributed by atoms with van der Waals surface area (Å²) in [5, 5.41) is 0. The van der Waals surface area contributed by atoms with Crippen LogP contribution < -0.4 is 0 Å². The van der Waals surface area contributed by atoms with Gasteiger partial charge in [-0.15, -0.1) is 0 Å². The maximum Gasteiger partial charge on any atom is 0.197 e. The molecule has 0 fully saturated rings. The minimum atomic E-state index is 0.331. The molecule has 0 aliphatic heterocycles.